The number of hydrogen-bond donors (Lipinski definition) is 0. The standard InChI is InChI=1S/C22H27FN6/c1-16-14-18(23)5-4-17(16)15-27(2)19-9-12-29(13-10-19)22-7-6-20(25-26-22)21-8-11-24-28(21)3/h4-8,11,14,19H,9-10,12-13,15H2,1-3H3. The van der Waals surface area contributed by atoms with Crippen molar-refractivity contribution in [3.63, 3.8) is 0 Å². The molecule has 29 heavy (non-hydrogen) atoms. The molecule has 3 heterocycles. The van der Waals surface area contributed by atoms with Crippen LogP contribution < -0.4 is 4.90 Å². The van der Waals surface area contributed by atoms with E-state index < -0.39 is 0 Å². The Morgan fingerprint density at radius 1 is 1.10 bits per heavy atom. The highest BCUT2D eigenvalue weighted by Gasteiger charge is 2.24. The highest BCUT2D eigenvalue weighted by atomic mass is 19.1. The molecule has 0 amide bonds. The summed E-state index contributed by atoms with van der Waals surface area (Å²) in [5.74, 6) is 0.754. The molecule has 1 aromatic carbocycles. The molecule has 1 fully saturated rings. The molecule has 0 N–H and O–H groups in total. The second-order valence-electron chi connectivity index (χ2n) is 7.82. The van der Waals surface area contributed by atoms with Crippen LogP contribution in [0.1, 0.15) is 24.0 Å². The Morgan fingerprint density at radius 2 is 1.90 bits per heavy atom. The van der Waals surface area contributed by atoms with Crippen molar-refractivity contribution in [3.05, 3.63) is 59.5 Å². The van der Waals surface area contributed by atoms with E-state index in [0.29, 0.717) is 6.04 Å². The van der Waals surface area contributed by atoms with Gasteiger partial charge < -0.3 is 4.90 Å². The van der Waals surface area contributed by atoms with E-state index in [1.54, 1.807) is 23.0 Å². The molecular weight excluding hydrogens is 367 g/mol. The summed E-state index contributed by atoms with van der Waals surface area (Å²) in [6.45, 7) is 4.73. The first-order chi connectivity index (χ1) is 14.0. The summed E-state index contributed by atoms with van der Waals surface area (Å²) in [5.41, 5.74) is 3.99. The van der Waals surface area contributed by atoms with E-state index in [9.17, 15) is 4.39 Å². The fourth-order valence-corrected chi connectivity index (χ4v) is 4.03. The molecule has 1 aliphatic rings. The Labute approximate surface area is 171 Å². The van der Waals surface area contributed by atoms with Gasteiger partial charge in [-0.1, -0.05) is 6.07 Å². The van der Waals surface area contributed by atoms with Gasteiger partial charge in [0.25, 0.3) is 0 Å². The van der Waals surface area contributed by atoms with Gasteiger partial charge in [0.05, 0.1) is 5.69 Å². The zero-order chi connectivity index (χ0) is 20.4. The minimum absolute atomic E-state index is 0.169. The summed E-state index contributed by atoms with van der Waals surface area (Å²) in [7, 11) is 4.06. The van der Waals surface area contributed by atoms with E-state index in [4.69, 9.17) is 0 Å². The van der Waals surface area contributed by atoms with Crippen molar-refractivity contribution < 1.29 is 4.39 Å². The summed E-state index contributed by atoms with van der Waals surface area (Å²) in [4.78, 5) is 4.68. The van der Waals surface area contributed by atoms with E-state index >= 15 is 0 Å². The number of anilines is 1. The van der Waals surface area contributed by atoms with Crippen LogP contribution in [0.15, 0.2) is 42.6 Å². The van der Waals surface area contributed by atoms with Crippen molar-refractivity contribution in [1.82, 2.24) is 24.9 Å². The van der Waals surface area contributed by atoms with Gasteiger partial charge in [-0.3, -0.25) is 9.58 Å². The van der Waals surface area contributed by atoms with Crippen LogP contribution in [0.3, 0.4) is 0 Å². The molecule has 4 rings (SSSR count). The maximum absolute atomic E-state index is 13.3. The normalized spacial score (nSPS) is 15.3. The SMILES string of the molecule is Cc1cc(F)ccc1CN(C)C1CCN(c2ccc(-c3ccnn3C)nn2)CC1. The maximum Gasteiger partial charge on any atom is 0.151 e. The minimum atomic E-state index is -0.169. The number of aryl methyl sites for hydroxylation is 2. The van der Waals surface area contributed by atoms with Gasteiger partial charge in [0.2, 0.25) is 0 Å². The summed E-state index contributed by atoms with van der Waals surface area (Å²) in [5, 5.41) is 13.0. The van der Waals surface area contributed by atoms with Crippen LogP contribution in [-0.2, 0) is 13.6 Å². The number of nitrogens with zero attached hydrogens (tertiary/aromatic N) is 6. The third kappa shape index (κ3) is 4.29. The Morgan fingerprint density at radius 3 is 2.52 bits per heavy atom. The van der Waals surface area contributed by atoms with Gasteiger partial charge in [0, 0.05) is 38.9 Å². The molecule has 0 spiro atoms. The topological polar surface area (TPSA) is 50.1 Å². The molecule has 0 atom stereocenters. The first-order valence-electron chi connectivity index (χ1n) is 10.0. The van der Waals surface area contributed by atoms with Gasteiger partial charge in [-0.15, -0.1) is 10.2 Å². The van der Waals surface area contributed by atoms with E-state index in [2.05, 4.69) is 32.1 Å². The number of piperidine rings is 1. The van der Waals surface area contributed by atoms with Crippen molar-refractivity contribution in [2.24, 2.45) is 7.05 Å². The number of hydrogen-bond acceptors (Lipinski definition) is 5. The summed E-state index contributed by atoms with van der Waals surface area (Å²) in [6.07, 6.45) is 3.91. The number of aromatic nitrogens is 4. The fourth-order valence-electron chi connectivity index (χ4n) is 4.03. The maximum atomic E-state index is 13.3. The lowest BCUT2D eigenvalue weighted by molar-refractivity contribution is 0.199. The quantitative estimate of drug-likeness (QED) is 0.664. The molecular formula is C22H27FN6. The minimum Gasteiger partial charge on any atom is -0.355 e. The Bertz CT molecular complexity index is 960. The molecule has 0 bridgehead atoms. The zero-order valence-electron chi connectivity index (χ0n) is 17.2. The largest absolute Gasteiger partial charge is 0.355 e. The Hall–Kier alpha value is -2.80. The predicted molar refractivity (Wildman–Crippen MR) is 112 cm³/mol. The van der Waals surface area contributed by atoms with Crippen LogP contribution in [0.25, 0.3) is 11.4 Å². The van der Waals surface area contributed by atoms with Crippen LogP contribution in [0.5, 0.6) is 0 Å². The van der Waals surface area contributed by atoms with Crippen LogP contribution in [0.4, 0.5) is 10.2 Å². The smallest absolute Gasteiger partial charge is 0.151 e. The highest BCUT2D eigenvalue weighted by Crippen LogP contribution is 2.23. The summed E-state index contributed by atoms with van der Waals surface area (Å²) < 4.78 is 15.1. The molecule has 7 heteroatoms. The molecule has 0 saturated carbocycles. The van der Waals surface area contributed by atoms with Crippen LogP contribution in [0, 0.1) is 12.7 Å². The number of benzene rings is 1. The third-order valence-corrected chi connectivity index (χ3v) is 5.87. The molecule has 0 unspecified atom stereocenters. The fraction of sp³-hybridized carbons (Fsp3) is 0.409. The van der Waals surface area contributed by atoms with Gasteiger partial charge in [-0.25, -0.2) is 4.39 Å². The lowest BCUT2D eigenvalue weighted by Gasteiger charge is -2.37. The van der Waals surface area contributed by atoms with Crippen molar-refractivity contribution in [2.75, 3.05) is 25.0 Å². The third-order valence-electron chi connectivity index (χ3n) is 5.87. The van der Waals surface area contributed by atoms with Gasteiger partial charge in [0.15, 0.2) is 5.82 Å². The molecule has 152 valence electrons. The second kappa shape index (κ2) is 8.29. The summed E-state index contributed by atoms with van der Waals surface area (Å²) in [6, 6.07) is 11.6. The van der Waals surface area contributed by atoms with Crippen molar-refractivity contribution in [2.45, 2.75) is 32.4 Å². The lowest BCUT2D eigenvalue weighted by Crippen LogP contribution is -2.43. The van der Waals surface area contributed by atoms with Gasteiger partial charge >= 0.3 is 0 Å². The average molecular weight is 394 g/mol. The molecule has 1 saturated heterocycles. The zero-order valence-corrected chi connectivity index (χ0v) is 17.2. The van der Waals surface area contributed by atoms with E-state index in [1.807, 2.05) is 38.2 Å². The summed E-state index contributed by atoms with van der Waals surface area (Å²) >= 11 is 0. The number of halogens is 1. The molecule has 6 nitrogen and oxygen atoms in total. The monoisotopic (exact) mass is 394 g/mol. The van der Waals surface area contributed by atoms with Crippen LogP contribution >= 0.6 is 0 Å². The van der Waals surface area contributed by atoms with Crippen molar-refractivity contribution >= 4 is 5.82 Å². The predicted octanol–water partition coefficient (Wildman–Crippen LogP) is 3.43. The van der Waals surface area contributed by atoms with E-state index in [-0.39, 0.29) is 5.82 Å². The van der Waals surface area contributed by atoms with Crippen molar-refractivity contribution in [1.29, 1.82) is 0 Å². The van der Waals surface area contributed by atoms with Crippen molar-refractivity contribution in [3.8, 4) is 11.4 Å². The second-order valence-corrected chi connectivity index (χ2v) is 7.82. The van der Waals surface area contributed by atoms with Gasteiger partial charge in [-0.05, 0) is 68.3 Å². The van der Waals surface area contributed by atoms with Gasteiger partial charge in [0.1, 0.15) is 11.5 Å². The first kappa shape index (κ1) is 19.5. The Kier molecular flexibility index (Phi) is 5.58. The number of rotatable bonds is 5. The van der Waals surface area contributed by atoms with Gasteiger partial charge in [-0.2, -0.15) is 5.10 Å². The molecule has 2 aromatic heterocycles. The molecule has 3 aromatic rings. The first-order valence-corrected chi connectivity index (χ1v) is 10.0. The molecule has 0 radical (unpaired) electrons. The van der Waals surface area contributed by atoms with Crippen LogP contribution in [0.2, 0.25) is 0 Å². The van der Waals surface area contributed by atoms with E-state index in [0.717, 1.165) is 55.2 Å². The Balaban J connectivity index is 1.34. The molecule has 0 aliphatic carbocycles. The van der Waals surface area contributed by atoms with Crippen LogP contribution in [-0.4, -0.2) is 51.1 Å². The lowest BCUT2D eigenvalue weighted by atomic mass is 10.0. The molecule has 1 aliphatic heterocycles. The van der Waals surface area contributed by atoms with E-state index in [1.165, 1.54) is 5.56 Å². The average Bonchev–Trinajstić information content (AvgIpc) is 3.16. The highest BCUT2D eigenvalue weighted by molar-refractivity contribution is 5.55.